The number of para-hydroxylation sites is 1. The van der Waals surface area contributed by atoms with E-state index in [1.54, 1.807) is 12.1 Å². The Bertz CT molecular complexity index is 380. The number of benzene rings is 1. The zero-order valence-corrected chi connectivity index (χ0v) is 12.0. The summed E-state index contributed by atoms with van der Waals surface area (Å²) in [5.74, 6) is 0.587. The molecule has 1 saturated heterocycles. The van der Waals surface area contributed by atoms with Gasteiger partial charge in [0.15, 0.2) is 5.75 Å². The average Bonchev–Trinajstić information content (AvgIpc) is 2.33. The number of piperazine rings is 1. The first-order valence-electron chi connectivity index (χ1n) is 6.19. The highest BCUT2D eigenvalue weighted by atomic mass is 35.5. The summed E-state index contributed by atoms with van der Waals surface area (Å²) < 4.78 is 5.68. The Morgan fingerprint density at radius 1 is 1.39 bits per heavy atom. The van der Waals surface area contributed by atoms with E-state index in [2.05, 4.69) is 17.1 Å². The van der Waals surface area contributed by atoms with Gasteiger partial charge < -0.3 is 10.1 Å². The number of rotatable bonds is 4. The fraction of sp³-hybridized carbons (Fsp3) is 0.538. The Kier molecular flexibility index (Phi) is 5.13. The topological polar surface area (TPSA) is 24.5 Å². The first-order chi connectivity index (χ1) is 8.66. The third kappa shape index (κ3) is 3.75. The van der Waals surface area contributed by atoms with Gasteiger partial charge in [0.25, 0.3) is 0 Å². The van der Waals surface area contributed by atoms with Crippen LogP contribution in [0.15, 0.2) is 18.2 Å². The molecule has 0 amide bonds. The van der Waals surface area contributed by atoms with E-state index in [1.807, 2.05) is 6.07 Å². The fourth-order valence-electron chi connectivity index (χ4n) is 2.11. The predicted octanol–water partition coefficient (Wildman–Crippen LogP) is 2.67. The summed E-state index contributed by atoms with van der Waals surface area (Å²) in [6, 6.07) is 5.93. The lowest BCUT2D eigenvalue weighted by atomic mass is 10.2. The molecule has 1 aliphatic heterocycles. The molecule has 100 valence electrons. The molecule has 0 aliphatic carbocycles. The molecule has 1 N–H and O–H groups in total. The maximum Gasteiger partial charge on any atom is 0.156 e. The lowest BCUT2D eigenvalue weighted by Crippen LogP contribution is -2.50. The van der Waals surface area contributed by atoms with Crippen molar-refractivity contribution in [2.24, 2.45) is 0 Å². The normalized spacial score (nSPS) is 20.9. The van der Waals surface area contributed by atoms with Crippen molar-refractivity contribution in [3.8, 4) is 5.75 Å². The monoisotopic (exact) mass is 288 g/mol. The molecule has 5 heteroatoms. The van der Waals surface area contributed by atoms with Crippen molar-refractivity contribution in [2.45, 2.75) is 13.0 Å². The van der Waals surface area contributed by atoms with Gasteiger partial charge in [0.2, 0.25) is 0 Å². The Morgan fingerprint density at radius 2 is 2.11 bits per heavy atom. The van der Waals surface area contributed by atoms with Crippen molar-refractivity contribution in [2.75, 3.05) is 32.8 Å². The zero-order valence-electron chi connectivity index (χ0n) is 10.5. The highest BCUT2D eigenvalue weighted by Crippen LogP contribution is 2.32. The first-order valence-corrected chi connectivity index (χ1v) is 6.95. The van der Waals surface area contributed by atoms with Gasteiger partial charge in [-0.15, -0.1) is 0 Å². The smallest absolute Gasteiger partial charge is 0.156 e. The van der Waals surface area contributed by atoms with E-state index in [0.29, 0.717) is 28.4 Å². The predicted molar refractivity (Wildman–Crippen MR) is 75.9 cm³/mol. The van der Waals surface area contributed by atoms with Crippen LogP contribution < -0.4 is 10.1 Å². The molecule has 0 bridgehead atoms. The summed E-state index contributed by atoms with van der Waals surface area (Å²) in [5, 5.41) is 4.55. The fourth-order valence-corrected chi connectivity index (χ4v) is 2.62. The lowest BCUT2D eigenvalue weighted by molar-refractivity contribution is 0.170. The van der Waals surface area contributed by atoms with E-state index >= 15 is 0 Å². The standard InChI is InChI=1S/C13H18Cl2N2O/c1-10-9-17(6-5-16-10)7-8-18-13-11(14)3-2-4-12(13)15/h2-4,10,16H,5-9H2,1H3. The SMILES string of the molecule is CC1CN(CCOc2c(Cl)cccc2Cl)CCN1. The molecule has 0 radical (unpaired) electrons. The maximum absolute atomic E-state index is 6.04. The summed E-state index contributed by atoms with van der Waals surface area (Å²) in [4.78, 5) is 2.38. The molecule has 0 saturated carbocycles. The molecule has 1 unspecified atom stereocenters. The molecule has 1 aliphatic rings. The zero-order chi connectivity index (χ0) is 13.0. The van der Waals surface area contributed by atoms with Crippen LogP contribution in [0.4, 0.5) is 0 Å². The minimum absolute atomic E-state index is 0.544. The molecule has 1 aromatic carbocycles. The van der Waals surface area contributed by atoms with Gasteiger partial charge in [-0.1, -0.05) is 29.3 Å². The van der Waals surface area contributed by atoms with Gasteiger partial charge in [-0.25, -0.2) is 0 Å². The number of nitrogens with one attached hydrogen (secondary N) is 1. The number of halogens is 2. The molecule has 0 aromatic heterocycles. The van der Waals surface area contributed by atoms with E-state index in [4.69, 9.17) is 27.9 Å². The highest BCUT2D eigenvalue weighted by molar-refractivity contribution is 6.37. The Balaban J connectivity index is 1.81. The van der Waals surface area contributed by atoms with Crippen molar-refractivity contribution >= 4 is 23.2 Å². The van der Waals surface area contributed by atoms with Gasteiger partial charge in [0.05, 0.1) is 10.0 Å². The molecular formula is C13H18Cl2N2O. The van der Waals surface area contributed by atoms with Crippen molar-refractivity contribution in [1.82, 2.24) is 10.2 Å². The number of hydrogen-bond donors (Lipinski definition) is 1. The number of ether oxygens (including phenoxy) is 1. The Labute approximate surface area is 118 Å². The van der Waals surface area contributed by atoms with Gasteiger partial charge in [0, 0.05) is 32.2 Å². The highest BCUT2D eigenvalue weighted by Gasteiger charge is 2.15. The van der Waals surface area contributed by atoms with Crippen LogP contribution in [-0.2, 0) is 0 Å². The molecule has 1 heterocycles. The van der Waals surface area contributed by atoms with Gasteiger partial charge in [-0.05, 0) is 19.1 Å². The number of nitrogens with zero attached hydrogens (tertiary/aromatic N) is 1. The summed E-state index contributed by atoms with van der Waals surface area (Å²) in [7, 11) is 0. The van der Waals surface area contributed by atoms with Crippen LogP contribution in [0.1, 0.15) is 6.92 Å². The largest absolute Gasteiger partial charge is 0.489 e. The van der Waals surface area contributed by atoms with E-state index in [0.717, 1.165) is 26.2 Å². The van der Waals surface area contributed by atoms with Crippen LogP contribution in [0.2, 0.25) is 10.0 Å². The third-order valence-corrected chi connectivity index (χ3v) is 3.62. The van der Waals surface area contributed by atoms with E-state index < -0.39 is 0 Å². The number of hydrogen-bond acceptors (Lipinski definition) is 3. The van der Waals surface area contributed by atoms with Crippen molar-refractivity contribution in [3.05, 3.63) is 28.2 Å². The molecule has 2 rings (SSSR count). The van der Waals surface area contributed by atoms with Crippen molar-refractivity contribution in [3.63, 3.8) is 0 Å². The van der Waals surface area contributed by atoms with E-state index in [1.165, 1.54) is 0 Å². The molecule has 0 spiro atoms. The minimum Gasteiger partial charge on any atom is -0.489 e. The second-order valence-corrected chi connectivity index (χ2v) is 5.37. The van der Waals surface area contributed by atoms with Gasteiger partial charge in [0.1, 0.15) is 6.61 Å². The molecule has 1 atom stereocenters. The summed E-state index contributed by atoms with van der Waals surface area (Å²) in [6.07, 6.45) is 0. The molecular weight excluding hydrogens is 271 g/mol. The Hall–Kier alpha value is -0.480. The van der Waals surface area contributed by atoms with E-state index in [9.17, 15) is 0 Å². The minimum atomic E-state index is 0.544. The lowest BCUT2D eigenvalue weighted by Gasteiger charge is -2.31. The van der Waals surface area contributed by atoms with Crippen LogP contribution >= 0.6 is 23.2 Å². The maximum atomic E-state index is 6.04. The van der Waals surface area contributed by atoms with Gasteiger partial charge in [-0.2, -0.15) is 0 Å². The second-order valence-electron chi connectivity index (χ2n) is 4.56. The van der Waals surface area contributed by atoms with Crippen LogP contribution in [-0.4, -0.2) is 43.7 Å². The van der Waals surface area contributed by atoms with Crippen LogP contribution in [0, 0.1) is 0 Å². The molecule has 1 fully saturated rings. The van der Waals surface area contributed by atoms with E-state index in [-0.39, 0.29) is 0 Å². The summed E-state index contributed by atoms with van der Waals surface area (Å²) in [5.41, 5.74) is 0. The molecule has 18 heavy (non-hydrogen) atoms. The van der Waals surface area contributed by atoms with Crippen molar-refractivity contribution in [1.29, 1.82) is 0 Å². The summed E-state index contributed by atoms with van der Waals surface area (Å²) >= 11 is 12.1. The molecule has 3 nitrogen and oxygen atoms in total. The van der Waals surface area contributed by atoms with Crippen molar-refractivity contribution < 1.29 is 4.74 Å². The Morgan fingerprint density at radius 3 is 2.78 bits per heavy atom. The third-order valence-electron chi connectivity index (χ3n) is 3.03. The van der Waals surface area contributed by atoms with Crippen LogP contribution in [0.3, 0.4) is 0 Å². The second kappa shape index (κ2) is 6.62. The first kappa shape index (κ1) is 13.9. The molecule has 1 aromatic rings. The average molecular weight is 289 g/mol. The van der Waals surface area contributed by atoms with Gasteiger partial charge in [-0.3, -0.25) is 4.90 Å². The van der Waals surface area contributed by atoms with Crippen LogP contribution in [0.25, 0.3) is 0 Å². The summed E-state index contributed by atoms with van der Waals surface area (Å²) in [6.45, 7) is 6.85. The van der Waals surface area contributed by atoms with Gasteiger partial charge >= 0.3 is 0 Å². The quantitative estimate of drug-likeness (QED) is 0.922. The van der Waals surface area contributed by atoms with Crippen LogP contribution in [0.5, 0.6) is 5.75 Å².